The number of amides is 1. The molecule has 1 aliphatic rings. The highest BCUT2D eigenvalue weighted by molar-refractivity contribution is 5.76. The van der Waals surface area contributed by atoms with E-state index < -0.39 is 6.10 Å². The number of carbonyl (C=O) groups excluding carboxylic acids is 1. The van der Waals surface area contributed by atoms with Gasteiger partial charge in [-0.15, -0.1) is 0 Å². The zero-order chi connectivity index (χ0) is 14.5. The van der Waals surface area contributed by atoms with Crippen molar-refractivity contribution >= 4 is 5.91 Å². The molecule has 1 heterocycles. The lowest BCUT2D eigenvalue weighted by Gasteiger charge is -2.31. The molecule has 0 saturated carbocycles. The summed E-state index contributed by atoms with van der Waals surface area (Å²) in [5, 5.41) is 10.2. The smallest absolute Gasteiger partial charge is 0.220 e. The predicted octanol–water partition coefficient (Wildman–Crippen LogP) is 0.926. The Morgan fingerprint density at radius 3 is 2.50 bits per heavy atom. The highest BCUT2D eigenvalue weighted by atomic mass is 16.5. The summed E-state index contributed by atoms with van der Waals surface area (Å²) in [5.41, 5.74) is 6.19. The van der Waals surface area contributed by atoms with Crippen LogP contribution in [-0.2, 0) is 4.79 Å². The Balaban J connectivity index is 1.85. The minimum atomic E-state index is -0.522. The Hall–Kier alpha value is -1.59. The van der Waals surface area contributed by atoms with Crippen LogP contribution < -0.4 is 10.5 Å². The summed E-state index contributed by atoms with van der Waals surface area (Å²) in [7, 11) is 1.62. The predicted molar refractivity (Wildman–Crippen MR) is 76.3 cm³/mol. The quantitative estimate of drug-likeness (QED) is 0.840. The van der Waals surface area contributed by atoms with Crippen LogP contribution in [0.25, 0.3) is 0 Å². The molecule has 0 bridgehead atoms. The molecule has 0 spiro atoms. The number of ether oxygens (including phenoxy) is 1. The molecule has 20 heavy (non-hydrogen) atoms. The molecule has 5 nitrogen and oxygen atoms in total. The number of β-amino-alcohol motifs (C(OH)–C–C–N with tert-alkyl or cyclic N) is 1. The fourth-order valence-electron chi connectivity index (χ4n) is 2.58. The molecule has 0 aliphatic carbocycles. The van der Waals surface area contributed by atoms with Crippen LogP contribution in [0.3, 0.4) is 0 Å². The zero-order valence-electron chi connectivity index (χ0n) is 11.8. The number of nitrogens with zero attached hydrogens (tertiary/aromatic N) is 1. The number of hydrogen-bond donors (Lipinski definition) is 2. The van der Waals surface area contributed by atoms with E-state index in [-0.39, 0.29) is 11.8 Å². The van der Waals surface area contributed by atoms with Gasteiger partial charge in [-0.05, 0) is 43.6 Å². The van der Waals surface area contributed by atoms with Crippen molar-refractivity contribution in [2.75, 3.05) is 26.7 Å². The molecule has 1 atom stereocenters. The standard InChI is InChI=1S/C15H22N2O3/c1-20-13-4-2-11(3-5-13)14(18)10-17-8-6-12(7-9-17)15(16)19/h2-5,12,14,18H,6-10H2,1H3,(H2,16,19). The maximum absolute atomic E-state index is 11.1. The van der Waals surface area contributed by atoms with Crippen molar-refractivity contribution in [2.45, 2.75) is 18.9 Å². The van der Waals surface area contributed by atoms with Gasteiger partial charge in [0.1, 0.15) is 5.75 Å². The molecule has 0 radical (unpaired) electrons. The first-order valence-electron chi connectivity index (χ1n) is 6.94. The minimum absolute atomic E-state index is 0.00983. The normalized spacial score (nSPS) is 18.7. The average Bonchev–Trinajstić information content (AvgIpc) is 2.48. The van der Waals surface area contributed by atoms with Crippen LogP contribution in [0.2, 0.25) is 0 Å². The zero-order valence-corrected chi connectivity index (χ0v) is 11.8. The number of carbonyl (C=O) groups is 1. The molecular formula is C15H22N2O3. The van der Waals surface area contributed by atoms with Crippen LogP contribution in [0.5, 0.6) is 5.75 Å². The lowest BCUT2D eigenvalue weighted by Crippen LogP contribution is -2.40. The van der Waals surface area contributed by atoms with E-state index in [0.717, 1.165) is 37.2 Å². The fourth-order valence-corrected chi connectivity index (χ4v) is 2.58. The van der Waals surface area contributed by atoms with Gasteiger partial charge in [0, 0.05) is 12.5 Å². The minimum Gasteiger partial charge on any atom is -0.497 e. The first kappa shape index (κ1) is 14.8. The van der Waals surface area contributed by atoms with Crippen LogP contribution in [0.1, 0.15) is 24.5 Å². The number of likely N-dealkylation sites (tertiary alicyclic amines) is 1. The van der Waals surface area contributed by atoms with Crippen LogP contribution >= 0.6 is 0 Å². The van der Waals surface area contributed by atoms with Crippen molar-refractivity contribution in [1.29, 1.82) is 0 Å². The van der Waals surface area contributed by atoms with Crippen molar-refractivity contribution in [3.05, 3.63) is 29.8 Å². The SMILES string of the molecule is COc1ccc(C(O)CN2CCC(C(N)=O)CC2)cc1. The first-order chi connectivity index (χ1) is 9.60. The van der Waals surface area contributed by atoms with E-state index >= 15 is 0 Å². The molecule has 2 rings (SSSR count). The molecule has 1 saturated heterocycles. The van der Waals surface area contributed by atoms with Gasteiger partial charge in [0.25, 0.3) is 0 Å². The summed E-state index contributed by atoms with van der Waals surface area (Å²) in [6.45, 7) is 2.19. The van der Waals surface area contributed by atoms with E-state index in [2.05, 4.69) is 4.90 Å². The van der Waals surface area contributed by atoms with Crippen molar-refractivity contribution in [2.24, 2.45) is 11.7 Å². The summed E-state index contributed by atoms with van der Waals surface area (Å²) < 4.78 is 5.10. The Kier molecular flexibility index (Phi) is 4.98. The van der Waals surface area contributed by atoms with Gasteiger partial charge < -0.3 is 20.5 Å². The third-order valence-corrected chi connectivity index (χ3v) is 3.92. The van der Waals surface area contributed by atoms with E-state index in [9.17, 15) is 9.90 Å². The second-order valence-electron chi connectivity index (χ2n) is 5.27. The Morgan fingerprint density at radius 2 is 2.00 bits per heavy atom. The topological polar surface area (TPSA) is 75.8 Å². The molecule has 1 amide bonds. The molecule has 110 valence electrons. The number of primary amides is 1. The van der Waals surface area contributed by atoms with Gasteiger partial charge in [-0.3, -0.25) is 4.79 Å². The number of aliphatic hydroxyl groups is 1. The molecule has 1 unspecified atom stereocenters. The number of piperidine rings is 1. The molecular weight excluding hydrogens is 256 g/mol. The van der Waals surface area contributed by atoms with Crippen molar-refractivity contribution in [1.82, 2.24) is 4.90 Å². The summed E-state index contributed by atoms with van der Waals surface area (Å²) in [5.74, 6) is 0.563. The Bertz CT molecular complexity index is 439. The number of nitrogens with two attached hydrogens (primary N) is 1. The van der Waals surface area contributed by atoms with Gasteiger partial charge in [0.05, 0.1) is 13.2 Å². The van der Waals surface area contributed by atoms with E-state index in [4.69, 9.17) is 10.5 Å². The van der Waals surface area contributed by atoms with Gasteiger partial charge in [0.2, 0.25) is 5.91 Å². The van der Waals surface area contributed by atoms with Gasteiger partial charge >= 0.3 is 0 Å². The third-order valence-electron chi connectivity index (χ3n) is 3.92. The van der Waals surface area contributed by atoms with Crippen molar-refractivity contribution in [3.8, 4) is 5.75 Å². The fraction of sp³-hybridized carbons (Fsp3) is 0.533. The van der Waals surface area contributed by atoms with Gasteiger partial charge in [-0.25, -0.2) is 0 Å². The van der Waals surface area contributed by atoms with E-state index in [1.807, 2.05) is 24.3 Å². The maximum Gasteiger partial charge on any atom is 0.220 e. The van der Waals surface area contributed by atoms with E-state index in [0.29, 0.717) is 6.54 Å². The molecule has 1 aromatic carbocycles. The maximum atomic E-state index is 11.1. The largest absolute Gasteiger partial charge is 0.497 e. The molecule has 1 fully saturated rings. The van der Waals surface area contributed by atoms with E-state index in [1.165, 1.54) is 0 Å². The second kappa shape index (κ2) is 6.72. The number of aliphatic hydroxyl groups excluding tert-OH is 1. The van der Waals surface area contributed by atoms with Crippen molar-refractivity contribution in [3.63, 3.8) is 0 Å². The summed E-state index contributed by atoms with van der Waals surface area (Å²) >= 11 is 0. The number of benzene rings is 1. The highest BCUT2D eigenvalue weighted by Crippen LogP contribution is 2.22. The number of hydrogen-bond acceptors (Lipinski definition) is 4. The lowest BCUT2D eigenvalue weighted by atomic mass is 9.96. The molecule has 1 aromatic rings. The van der Waals surface area contributed by atoms with Gasteiger partial charge in [0.15, 0.2) is 0 Å². The third kappa shape index (κ3) is 3.71. The molecule has 3 N–H and O–H groups in total. The molecule has 5 heteroatoms. The number of rotatable bonds is 5. The summed E-state index contributed by atoms with van der Waals surface area (Å²) in [6, 6.07) is 7.44. The van der Waals surface area contributed by atoms with Crippen LogP contribution in [-0.4, -0.2) is 42.7 Å². The van der Waals surface area contributed by atoms with Crippen LogP contribution in [0.15, 0.2) is 24.3 Å². The van der Waals surface area contributed by atoms with Gasteiger partial charge in [-0.2, -0.15) is 0 Å². The molecule has 0 aromatic heterocycles. The number of methoxy groups -OCH3 is 1. The monoisotopic (exact) mass is 278 g/mol. The second-order valence-corrected chi connectivity index (χ2v) is 5.27. The highest BCUT2D eigenvalue weighted by Gasteiger charge is 2.24. The van der Waals surface area contributed by atoms with Gasteiger partial charge in [-0.1, -0.05) is 12.1 Å². The van der Waals surface area contributed by atoms with E-state index in [1.54, 1.807) is 7.11 Å². The summed E-state index contributed by atoms with van der Waals surface area (Å²) in [6.07, 6.45) is 1.04. The molecule has 1 aliphatic heterocycles. The Labute approximate surface area is 119 Å². The van der Waals surface area contributed by atoms with Crippen LogP contribution in [0.4, 0.5) is 0 Å². The lowest BCUT2D eigenvalue weighted by molar-refractivity contribution is -0.123. The average molecular weight is 278 g/mol. The summed E-state index contributed by atoms with van der Waals surface area (Å²) in [4.78, 5) is 13.3. The first-order valence-corrected chi connectivity index (χ1v) is 6.94. The van der Waals surface area contributed by atoms with Crippen molar-refractivity contribution < 1.29 is 14.6 Å². The Morgan fingerprint density at radius 1 is 1.40 bits per heavy atom. The van der Waals surface area contributed by atoms with Crippen LogP contribution in [0, 0.1) is 5.92 Å².